The van der Waals surface area contributed by atoms with E-state index in [0.29, 0.717) is 0 Å². The Morgan fingerprint density at radius 2 is 1.38 bits per heavy atom. The summed E-state index contributed by atoms with van der Waals surface area (Å²) in [7, 11) is 0. The van der Waals surface area contributed by atoms with E-state index in [4.69, 9.17) is 5.73 Å². The molecule has 0 aromatic heterocycles. The fourth-order valence-corrected chi connectivity index (χ4v) is 2.16. The first kappa shape index (κ1) is 21.9. The molecule has 0 aromatic rings. The molecule has 98 valence electrons. The molecule has 0 saturated heterocycles. The Kier molecular flexibility index (Phi) is 40.6. The molecule has 0 aliphatic heterocycles. The van der Waals surface area contributed by atoms with E-state index in [-0.39, 0.29) is 34.4 Å². The number of hydrogen-bond donors (Lipinski definition) is 1. The van der Waals surface area contributed by atoms with Crippen LogP contribution in [0, 0.1) is 0 Å². The van der Waals surface area contributed by atoms with Crippen molar-refractivity contribution in [2.75, 3.05) is 19.8 Å². The second-order valence-electron chi connectivity index (χ2n) is 3.36. The van der Waals surface area contributed by atoms with Gasteiger partial charge in [-0.25, -0.2) is 0 Å². The van der Waals surface area contributed by atoms with E-state index >= 15 is 0 Å². The molecule has 0 heterocycles. The molecule has 0 atom stereocenters. The van der Waals surface area contributed by atoms with Gasteiger partial charge < -0.3 is 10.2 Å². The Labute approximate surface area is 112 Å². The van der Waals surface area contributed by atoms with Crippen molar-refractivity contribution in [3.05, 3.63) is 0 Å². The average Bonchev–Trinajstić information content (AvgIpc) is 2.30. The summed E-state index contributed by atoms with van der Waals surface area (Å²) in [5.41, 5.74) is 5.24. The van der Waals surface area contributed by atoms with E-state index in [1.54, 1.807) is 0 Å². The van der Waals surface area contributed by atoms with Crippen molar-refractivity contribution in [1.82, 2.24) is 0 Å². The average molecular weight is 338 g/mol. The standard InChI is InChI=1S/2C4H9O.C3H8N.CH3.Sn/c2*1-2-3-4-5;1-2-3-4;;/h2*2-4H2,1H3;1-4H2;1H3;/q2*-1;;;+2. The number of nitrogens with two attached hydrogens (primary N) is 1. The SMILES string of the molecule is CCCC[O-].CCCC[O-].[CH3][Sn+2][CH2]CCN. The molecule has 2 N–H and O–H groups in total. The van der Waals surface area contributed by atoms with Crippen molar-refractivity contribution in [2.24, 2.45) is 5.73 Å². The molecule has 0 aromatic carbocycles. The molecule has 0 unspecified atom stereocenters. The van der Waals surface area contributed by atoms with Gasteiger partial charge in [-0.15, -0.1) is 13.2 Å². The predicted octanol–water partition coefficient (Wildman–Crippen LogP) is 0.799. The van der Waals surface area contributed by atoms with Crippen LogP contribution in [-0.4, -0.2) is 40.9 Å². The Balaban J connectivity index is -0.000000160. The normalized spacial score (nSPS) is 8.12. The Morgan fingerprint density at radius 3 is 1.44 bits per heavy atom. The van der Waals surface area contributed by atoms with Crippen LogP contribution in [0.3, 0.4) is 0 Å². The minimum atomic E-state index is 0.0938. The third-order valence-corrected chi connectivity index (χ3v) is 4.06. The van der Waals surface area contributed by atoms with Crippen LogP contribution >= 0.6 is 0 Å². The molecule has 0 aliphatic rings. The van der Waals surface area contributed by atoms with Crippen molar-refractivity contribution >= 4 is 21.1 Å². The fraction of sp³-hybridized carbons (Fsp3) is 1.00. The molecule has 0 spiro atoms. The van der Waals surface area contributed by atoms with Gasteiger partial charge in [0.2, 0.25) is 0 Å². The summed E-state index contributed by atoms with van der Waals surface area (Å²) < 4.78 is 1.46. The van der Waals surface area contributed by atoms with Gasteiger partial charge in [0, 0.05) is 0 Å². The van der Waals surface area contributed by atoms with Crippen molar-refractivity contribution < 1.29 is 10.2 Å². The molecule has 4 heteroatoms. The van der Waals surface area contributed by atoms with Gasteiger partial charge in [-0.05, 0) is 0 Å². The molecule has 16 heavy (non-hydrogen) atoms. The molecule has 0 amide bonds. The van der Waals surface area contributed by atoms with Crippen molar-refractivity contribution in [3.63, 3.8) is 0 Å². The second-order valence-corrected chi connectivity index (χ2v) is 6.81. The molecular formula is C12H29NO2Sn. The Bertz CT molecular complexity index is 71.4. The maximum atomic E-state index is 9.53. The third-order valence-electron chi connectivity index (χ3n) is 1.63. The Morgan fingerprint density at radius 1 is 0.938 bits per heavy atom. The fourth-order valence-electron chi connectivity index (χ4n) is 0.568. The molecule has 0 radical (unpaired) electrons. The molecule has 0 saturated carbocycles. The van der Waals surface area contributed by atoms with Crippen LogP contribution in [0.5, 0.6) is 0 Å². The summed E-state index contributed by atoms with van der Waals surface area (Å²) in [4.78, 5) is 2.35. The monoisotopic (exact) mass is 339 g/mol. The molecular weight excluding hydrogens is 309 g/mol. The first-order valence-corrected chi connectivity index (χ1v) is 11.1. The second kappa shape index (κ2) is 29.6. The van der Waals surface area contributed by atoms with Crippen LogP contribution < -0.4 is 15.9 Å². The molecule has 0 rings (SSSR count). The van der Waals surface area contributed by atoms with Gasteiger partial charge in [-0.1, -0.05) is 39.5 Å². The minimum absolute atomic E-state index is 0.0938. The first-order valence-electron chi connectivity index (χ1n) is 6.25. The zero-order valence-electron chi connectivity index (χ0n) is 11.3. The van der Waals surface area contributed by atoms with Crippen LogP contribution in [-0.2, 0) is 0 Å². The summed E-state index contributed by atoms with van der Waals surface area (Å²) in [6, 6.07) is 0. The molecule has 0 aliphatic carbocycles. The number of rotatable bonds is 7. The van der Waals surface area contributed by atoms with E-state index in [1.807, 2.05) is 13.8 Å². The van der Waals surface area contributed by atoms with Gasteiger partial charge in [-0.3, -0.25) is 0 Å². The van der Waals surface area contributed by atoms with Crippen LogP contribution in [0.4, 0.5) is 0 Å². The van der Waals surface area contributed by atoms with E-state index < -0.39 is 0 Å². The topological polar surface area (TPSA) is 72.1 Å². The summed E-state index contributed by atoms with van der Waals surface area (Å²) in [6.07, 6.45) is 5.00. The van der Waals surface area contributed by atoms with Gasteiger partial charge in [-0.2, -0.15) is 0 Å². The molecule has 3 nitrogen and oxygen atoms in total. The molecule has 0 fully saturated rings. The van der Waals surface area contributed by atoms with Gasteiger partial charge in [0.1, 0.15) is 0 Å². The summed E-state index contributed by atoms with van der Waals surface area (Å²) in [5.74, 6) is 0. The van der Waals surface area contributed by atoms with Gasteiger partial charge in [0.25, 0.3) is 0 Å². The summed E-state index contributed by atoms with van der Waals surface area (Å²) in [5, 5.41) is 19.1. The van der Waals surface area contributed by atoms with E-state index in [1.165, 1.54) is 10.9 Å². The first-order chi connectivity index (χ1) is 7.74. The van der Waals surface area contributed by atoms with Crippen LogP contribution in [0.2, 0.25) is 9.38 Å². The Hall–Kier alpha value is 0.679. The van der Waals surface area contributed by atoms with Crippen molar-refractivity contribution in [2.45, 2.75) is 55.3 Å². The quantitative estimate of drug-likeness (QED) is 0.551. The zero-order valence-corrected chi connectivity index (χ0v) is 14.1. The maximum absolute atomic E-state index is 9.53. The molecule has 0 bridgehead atoms. The van der Waals surface area contributed by atoms with Crippen LogP contribution in [0.1, 0.15) is 46.0 Å². The van der Waals surface area contributed by atoms with E-state index in [0.717, 1.165) is 32.2 Å². The number of hydrogen-bond acceptors (Lipinski definition) is 3. The number of unbranched alkanes of at least 4 members (excludes halogenated alkanes) is 2. The van der Waals surface area contributed by atoms with E-state index in [2.05, 4.69) is 4.94 Å². The summed E-state index contributed by atoms with van der Waals surface area (Å²) in [6.45, 7) is 5.11. The predicted molar refractivity (Wildman–Crippen MR) is 69.6 cm³/mol. The van der Waals surface area contributed by atoms with Gasteiger partial charge in [0.05, 0.1) is 0 Å². The van der Waals surface area contributed by atoms with Crippen LogP contribution in [0.25, 0.3) is 0 Å². The van der Waals surface area contributed by atoms with Crippen LogP contribution in [0.15, 0.2) is 0 Å². The zero-order chi connectivity index (χ0) is 13.1. The van der Waals surface area contributed by atoms with Crippen molar-refractivity contribution in [3.8, 4) is 0 Å². The van der Waals surface area contributed by atoms with E-state index in [9.17, 15) is 10.2 Å². The summed E-state index contributed by atoms with van der Waals surface area (Å²) >= 11 is 0.110. The third kappa shape index (κ3) is 46.6. The van der Waals surface area contributed by atoms with Gasteiger partial charge in [0.15, 0.2) is 0 Å². The van der Waals surface area contributed by atoms with Gasteiger partial charge >= 0.3 is 49.2 Å². The van der Waals surface area contributed by atoms with Crippen molar-refractivity contribution in [1.29, 1.82) is 0 Å².